The molecule has 1 saturated heterocycles. The van der Waals surface area contributed by atoms with E-state index >= 15 is 0 Å². The molecule has 1 aliphatic heterocycles. The third kappa shape index (κ3) is 2.64. The van der Waals surface area contributed by atoms with Gasteiger partial charge in [-0.1, -0.05) is 18.2 Å². The second-order valence-corrected chi connectivity index (χ2v) is 6.17. The number of halogens is 1. The molecule has 3 aromatic rings. The van der Waals surface area contributed by atoms with Crippen molar-refractivity contribution in [3.63, 3.8) is 0 Å². The van der Waals surface area contributed by atoms with Crippen molar-refractivity contribution in [1.82, 2.24) is 9.88 Å². The Balaban J connectivity index is 1.45. The highest BCUT2D eigenvalue weighted by molar-refractivity contribution is 5.79. The first-order valence-corrected chi connectivity index (χ1v) is 7.82. The standard InChI is InChI=1S/C19H19FN2/c20-18-4-2-15(3-5-18)17-8-10-22(13-17)12-14-1-6-19-16(11-14)7-9-21-19/h1-7,9,11,17,21H,8,10,12-13H2/t17-/m0/s1. The lowest BCUT2D eigenvalue weighted by Crippen LogP contribution is -2.19. The van der Waals surface area contributed by atoms with E-state index in [2.05, 4.69) is 34.1 Å². The Morgan fingerprint density at radius 1 is 1.09 bits per heavy atom. The summed E-state index contributed by atoms with van der Waals surface area (Å²) in [6.07, 6.45) is 3.13. The Hall–Kier alpha value is -2.13. The molecule has 1 aliphatic rings. The van der Waals surface area contributed by atoms with Crippen molar-refractivity contribution in [1.29, 1.82) is 0 Å². The first kappa shape index (κ1) is 13.5. The van der Waals surface area contributed by atoms with E-state index < -0.39 is 0 Å². The Morgan fingerprint density at radius 3 is 2.82 bits per heavy atom. The molecule has 4 rings (SSSR count). The van der Waals surface area contributed by atoms with Gasteiger partial charge < -0.3 is 4.98 Å². The first-order valence-electron chi connectivity index (χ1n) is 7.82. The molecule has 1 fully saturated rings. The van der Waals surface area contributed by atoms with Crippen LogP contribution in [0, 0.1) is 5.82 Å². The number of aromatic nitrogens is 1. The molecule has 2 aromatic carbocycles. The lowest BCUT2D eigenvalue weighted by molar-refractivity contribution is 0.327. The van der Waals surface area contributed by atoms with Gasteiger partial charge in [0.05, 0.1) is 0 Å². The quantitative estimate of drug-likeness (QED) is 0.763. The molecule has 0 unspecified atom stereocenters. The summed E-state index contributed by atoms with van der Waals surface area (Å²) in [7, 11) is 0. The van der Waals surface area contributed by atoms with E-state index in [0.717, 1.165) is 26.1 Å². The monoisotopic (exact) mass is 294 g/mol. The Morgan fingerprint density at radius 2 is 1.95 bits per heavy atom. The molecule has 22 heavy (non-hydrogen) atoms. The molecule has 1 N–H and O–H groups in total. The number of H-pyrrole nitrogens is 1. The smallest absolute Gasteiger partial charge is 0.123 e. The van der Waals surface area contributed by atoms with Crippen LogP contribution in [0.25, 0.3) is 10.9 Å². The minimum absolute atomic E-state index is 0.154. The Labute approximate surface area is 129 Å². The normalized spacial score (nSPS) is 19.0. The molecule has 1 atom stereocenters. The Kier molecular flexibility index (Phi) is 3.43. The third-order valence-corrected chi connectivity index (χ3v) is 4.64. The van der Waals surface area contributed by atoms with Crippen LogP contribution in [-0.2, 0) is 6.54 Å². The number of likely N-dealkylation sites (tertiary alicyclic amines) is 1. The molecule has 112 valence electrons. The van der Waals surface area contributed by atoms with Gasteiger partial charge in [0.15, 0.2) is 0 Å². The van der Waals surface area contributed by atoms with Crippen molar-refractivity contribution in [3.05, 3.63) is 71.7 Å². The average Bonchev–Trinajstić information content (AvgIpc) is 3.17. The molecule has 2 heterocycles. The lowest BCUT2D eigenvalue weighted by atomic mass is 9.99. The maximum absolute atomic E-state index is 13.0. The number of fused-ring (bicyclic) bond motifs is 1. The molecule has 0 aliphatic carbocycles. The van der Waals surface area contributed by atoms with Crippen LogP contribution in [0.5, 0.6) is 0 Å². The molecular weight excluding hydrogens is 275 g/mol. The lowest BCUT2D eigenvalue weighted by Gasteiger charge is -2.16. The largest absolute Gasteiger partial charge is 0.361 e. The van der Waals surface area contributed by atoms with Gasteiger partial charge >= 0.3 is 0 Å². The van der Waals surface area contributed by atoms with Crippen LogP contribution < -0.4 is 0 Å². The summed E-state index contributed by atoms with van der Waals surface area (Å²) < 4.78 is 13.0. The van der Waals surface area contributed by atoms with E-state index in [1.807, 2.05) is 18.3 Å². The average molecular weight is 294 g/mol. The van der Waals surface area contributed by atoms with Gasteiger partial charge in [-0.3, -0.25) is 4.90 Å². The zero-order valence-electron chi connectivity index (χ0n) is 12.4. The van der Waals surface area contributed by atoms with Crippen molar-refractivity contribution in [2.45, 2.75) is 18.9 Å². The topological polar surface area (TPSA) is 19.0 Å². The summed E-state index contributed by atoms with van der Waals surface area (Å²) in [5.74, 6) is 0.370. The molecule has 0 spiro atoms. The number of aromatic amines is 1. The van der Waals surface area contributed by atoms with Gasteiger partial charge in [-0.2, -0.15) is 0 Å². The van der Waals surface area contributed by atoms with Crippen molar-refractivity contribution in [2.24, 2.45) is 0 Å². The van der Waals surface area contributed by atoms with Crippen molar-refractivity contribution < 1.29 is 4.39 Å². The van der Waals surface area contributed by atoms with E-state index in [4.69, 9.17) is 0 Å². The zero-order valence-corrected chi connectivity index (χ0v) is 12.4. The number of hydrogen-bond acceptors (Lipinski definition) is 1. The second-order valence-electron chi connectivity index (χ2n) is 6.17. The van der Waals surface area contributed by atoms with Crippen LogP contribution in [0.2, 0.25) is 0 Å². The highest BCUT2D eigenvalue weighted by Gasteiger charge is 2.23. The van der Waals surface area contributed by atoms with Gasteiger partial charge in [0.1, 0.15) is 5.82 Å². The molecule has 3 heteroatoms. The maximum atomic E-state index is 13.0. The van der Waals surface area contributed by atoms with Crippen LogP contribution in [0.15, 0.2) is 54.7 Å². The fourth-order valence-corrected chi connectivity index (χ4v) is 3.44. The first-order chi connectivity index (χ1) is 10.8. The predicted octanol–water partition coefficient (Wildman–Crippen LogP) is 4.30. The number of hydrogen-bond donors (Lipinski definition) is 1. The summed E-state index contributed by atoms with van der Waals surface area (Å²) in [5, 5.41) is 1.27. The summed E-state index contributed by atoms with van der Waals surface area (Å²) in [5.41, 5.74) is 3.80. The van der Waals surface area contributed by atoms with Crippen molar-refractivity contribution >= 4 is 10.9 Å². The van der Waals surface area contributed by atoms with Gasteiger partial charge in [0.2, 0.25) is 0 Å². The van der Waals surface area contributed by atoms with E-state index in [-0.39, 0.29) is 5.82 Å². The third-order valence-electron chi connectivity index (χ3n) is 4.64. The van der Waals surface area contributed by atoms with Crippen LogP contribution >= 0.6 is 0 Å². The molecule has 0 saturated carbocycles. The number of nitrogens with one attached hydrogen (secondary N) is 1. The van der Waals surface area contributed by atoms with E-state index in [9.17, 15) is 4.39 Å². The summed E-state index contributed by atoms with van der Waals surface area (Å²) >= 11 is 0. The van der Waals surface area contributed by atoms with Crippen molar-refractivity contribution in [2.75, 3.05) is 13.1 Å². The van der Waals surface area contributed by atoms with Crippen LogP contribution in [0.3, 0.4) is 0 Å². The van der Waals surface area contributed by atoms with Crippen molar-refractivity contribution in [3.8, 4) is 0 Å². The summed E-state index contributed by atoms with van der Waals surface area (Å²) in [6, 6.07) is 15.7. The predicted molar refractivity (Wildman–Crippen MR) is 87.3 cm³/mol. The molecule has 0 amide bonds. The highest BCUT2D eigenvalue weighted by Crippen LogP contribution is 2.28. The second kappa shape index (κ2) is 5.58. The molecule has 2 nitrogen and oxygen atoms in total. The van der Waals surface area contributed by atoms with E-state index in [1.165, 1.54) is 22.0 Å². The zero-order chi connectivity index (χ0) is 14.9. The molecular formula is C19H19FN2. The minimum Gasteiger partial charge on any atom is -0.361 e. The highest BCUT2D eigenvalue weighted by atomic mass is 19.1. The van der Waals surface area contributed by atoms with E-state index in [0.29, 0.717) is 5.92 Å². The fourth-order valence-electron chi connectivity index (χ4n) is 3.44. The number of benzene rings is 2. The number of nitrogens with zero attached hydrogens (tertiary/aromatic N) is 1. The van der Waals surface area contributed by atoms with Gasteiger partial charge in [0.25, 0.3) is 0 Å². The van der Waals surface area contributed by atoms with Crippen LogP contribution in [0.4, 0.5) is 4.39 Å². The minimum atomic E-state index is -0.154. The summed E-state index contributed by atoms with van der Waals surface area (Å²) in [6.45, 7) is 3.14. The number of rotatable bonds is 3. The molecule has 1 aromatic heterocycles. The van der Waals surface area contributed by atoms with Gasteiger partial charge in [-0.15, -0.1) is 0 Å². The van der Waals surface area contributed by atoms with Gasteiger partial charge in [-0.05, 0) is 65.7 Å². The van der Waals surface area contributed by atoms with E-state index in [1.54, 1.807) is 12.1 Å². The molecule has 0 bridgehead atoms. The fraction of sp³-hybridized carbons (Fsp3) is 0.263. The van der Waals surface area contributed by atoms with Crippen LogP contribution in [-0.4, -0.2) is 23.0 Å². The van der Waals surface area contributed by atoms with Crippen LogP contribution in [0.1, 0.15) is 23.5 Å². The Bertz CT molecular complexity index is 775. The maximum Gasteiger partial charge on any atom is 0.123 e. The van der Waals surface area contributed by atoms with Gasteiger partial charge in [-0.25, -0.2) is 4.39 Å². The molecule has 0 radical (unpaired) electrons. The van der Waals surface area contributed by atoms with Gasteiger partial charge in [0, 0.05) is 24.8 Å². The SMILES string of the molecule is Fc1ccc([C@H]2CCN(Cc3ccc4[nH]ccc4c3)C2)cc1. The summed E-state index contributed by atoms with van der Waals surface area (Å²) in [4.78, 5) is 5.72.